The number of hydrogen-bond acceptors (Lipinski definition) is 6. The first kappa shape index (κ1) is 28.1. The van der Waals surface area contributed by atoms with Gasteiger partial charge in [-0.1, -0.05) is 97.1 Å². The Kier molecular flexibility index (Phi) is 9.45. The van der Waals surface area contributed by atoms with Gasteiger partial charge in [0.15, 0.2) is 0 Å². The Hall–Kier alpha value is -4.42. The predicted molar refractivity (Wildman–Crippen MR) is 161 cm³/mol. The number of rotatable bonds is 10. The number of piperazine rings is 1. The van der Waals surface area contributed by atoms with Gasteiger partial charge in [0.2, 0.25) is 0 Å². The first-order valence-electron chi connectivity index (χ1n) is 14.1. The largest absolute Gasteiger partial charge is 0.465 e. The van der Waals surface area contributed by atoms with Crippen molar-refractivity contribution in [2.75, 3.05) is 44.7 Å². The van der Waals surface area contributed by atoms with Crippen LogP contribution in [0.1, 0.15) is 49.7 Å². The lowest BCUT2D eigenvalue weighted by Crippen LogP contribution is -2.47. The SMILES string of the molecule is COC(=O)c1c(C(=O)OCc2ccccc2)cccc1N1CCN(CCC(c2ccccc2)c2ccccc2)CC1. The molecule has 0 bridgehead atoms. The molecule has 5 rings (SSSR count). The molecule has 1 heterocycles. The second-order valence-electron chi connectivity index (χ2n) is 10.2. The highest BCUT2D eigenvalue weighted by molar-refractivity contribution is 6.07. The maximum absolute atomic E-state index is 13.1. The molecule has 4 aromatic rings. The summed E-state index contributed by atoms with van der Waals surface area (Å²) in [6.45, 7) is 4.31. The predicted octanol–water partition coefficient (Wildman–Crippen LogP) is 6.17. The van der Waals surface area contributed by atoms with Crippen molar-refractivity contribution in [2.24, 2.45) is 0 Å². The van der Waals surface area contributed by atoms with Crippen molar-refractivity contribution < 1.29 is 19.1 Å². The van der Waals surface area contributed by atoms with Gasteiger partial charge in [-0.15, -0.1) is 0 Å². The van der Waals surface area contributed by atoms with Gasteiger partial charge in [-0.05, 0) is 41.8 Å². The highest BCUT2D eigenvalue weighted by Crippen LogP contribution is 2.30. The molecule has 0 saturated carbocycles. The molecule has 1 saturated heterocycles. The number of carbonyl (C=O) groups is 2. The van der Waals surface area contributed by atoms with Crippen LogP contribution < -0.4 is 4.90 Å². The third-order valence-electron chi connectivity index (χ3n) is 7.72. The molecule has 0 atom stereocenters. The van der Waals surface area contributed by atoms with Crippen molar-refractivity contribution >= 4 is 17.6 Å². The first-order valence-corrected chi connectivity index (χ1v) is 14.1. The van der Waals surface area contributed by atoms with Crippen LogP contribution in [0.3, 0.4) is 0 Å². The van der Waals surface area contributed by atoms with Crippen LogP contribution in [0, 0.1) is 0 Å². The highest BCUT2D eigenvalue weighted by atomic mass is 16.5. The summed E-state index contributed by atoms with van der Waals surface area (Å²) in [7, 11) is 1.34. The van der Waals surface area contributed by atoms with Gasteiger partial charge in [0.05, 0.1) is 23.9 Å². The number of methoxy groups -OCH3 is 1. The van der Waals surface area contributed by atoms with Crippen molar-refractivity contribution in [3.8, 4) is 0 Å². The van der Waals surface area contributed by atoms with E-state index in [1.165, 1.54) is 18.2 Å². The molecule has 210 valence electrons. The maximum Gasteiger partial charge on any atom is 0.340 e. The fourth-order valence-corrected chi connectivity index (χ4v) is 5.51. The fourth-order valence-electron chi connectivity index (χ4n) is 5.51. The average Bonchev–Trinajstić information content (AvgIpc) is 3.05. The Morgan fingerprint density at radius 3 is 1.88 bits per heavy atom. The molecule has 1 aliphatic rings. The number of hydrogen-bond donors (Lipinski definition) is 0. The monoisotopic (exact) mass is 548 g/mol. The lowest BCUT2D eigenvalue weighted by molar-refractivity contribution is 0.0458. The first-order chi connectivity index (χ1) is 20.1. The number of nitrogens with zero attached hydrogens (tertiary/aromatic N) is 2. The Labute approximate surface area is 242 Å². The van der Waals surface area contributed by atoms with Gasteiger partial charge in [-0.3, -0.25) is 4.90 Å². The van der Waals surface area contributed by atoms with E-state index in [4.69, 9.17) is 9.47 Å². The Morgan fingerprint density at radius 1 is 0.707 bits per heavy atom. The van der Waals surface area contributed by atoms with E-state index in [1.54, 1.807) is 12.1 Å². The number of esters is 2. The molecular weight excluding hydrogens is 512 g/mol. The van der Waals surface area contributed by atoms with Crippen molar-refractivity contribution in [2.45, 2.75) is 18.9 Å². The molecule has 1 fully saturated rings. The molecule has 0 unspecified atom stereocenters. The summed E-state index contributed by atoms with van der Waals surface area (Å²) in [4.78, 5) is 30.6. The van der Waals surface area contributed by atoms with Crippen LogP contribution in [-0.4, -0.2) is 56.7 Å². The molecule has 4 aromatic carbocycles. The minimum Gasteiger partial charge on any atom is -0.465 e. The minimum absolute atomic E-state index is 0.135. The van der Waals surface area contributed by atoms with E-state index in [1.807, 2.05) is 36.4 Å². The second-order valence-corrected chi connectivity index (χ2v) is 10.2. The Morgan fingerprint density at radius 2 is 1.29 bits per heavy atom. The summed E-state index contributed by atoms with van der Waals surface area (Å²) >= 11 is 0. The van der Waals surface area contributed by atoms with Crippen molar-refractivity contribution in [1.82, 2.24) is 4.90 Å². The summed E-state index contributed by atoms with van der Waals surface area (Å²) in [6, 6.07) is 36.2. The van der Waals surface area contributed by atoms with Gasteiger partial charge in [0.1, 0.15) is 6.61 Å². The third-order valence-corrected chi connectivity index (χ3v) is 7.72. The molecule has 6 heteroatoms. The summed E-state index contributed by atoms with van der Waals surface area (Å²) in [5, 5.41) is 0. The Bertz CT molecular complexity index is 1380. The van der Waals surface area contributed by atoms with E-state index in [0.29, 0.717) is 11.6 Å². The van der Waals surface area contributed by atoms with Crippen molar-refractivity contribution in [3.63, 3.8) is 0 Å². The minimum atomic E-state index is -0.539. The number of benzene rings is 4. The topological polar surface area (TPSA) is 59.1 Å². The van der Waals surface area contributed by atoms with Crippen LogP contribution in [0.2, 0.25) is 0 Å². The molecule has 0 aromatic heterocycles. The van der Waals surface area contributed by atoms with Crippen LogP contribution in [0.25, 0.3) is 0 Å². The van der Waals surface area contributed by atoms with E-state index in [2.05, 4.69) is 70.5 Å². The van der Waals surface area contributed by atoms with E-state index in [0.717, 1.165) is 44.7 Å². The van der Waals surface area contributed by atoms with Gasteiger partial charge in [0.25, 0.3) is 0 Å². The quantitative estimate of drug-likeness (QED) is 0.221. The molecular formula is C35H36N2O4. The second kappa shape index (κ2) is 13.8. The highest BCUT2D eigenvalue weighted by Gasteiger charge is 2.28. The van der Waals surface area contributed by atoms with Gasteiger partial charge in [0, 0.05) is 32.1 Å². The fraction of sp³-hybridized carbons (Fsp3) is 0.257. The van der Waals surface area contributed by atoms with E-state index < -0.39 is 11.9 Å². The average molecular weight is 549 g/mol. The maximum atomic E-state index is 13.1. The zero-order valence-electron chi connectivity index (χ0n) is 23.4. The summed E-state index contributed by atoms with van der Waals surface area (Å²) in [6.07, 6.45) is 1.02. The summed E-state index contributed by atoms with van der Waals surface area (Å²) < 4.78 is 10.7. The molecule has 0 radical (unpaired) electrons. The van der Waals surface area contributed by atoms with E-state index >= 15 is 0 Å². The summed E-state index contributed by atoms with van der Waals surface area (Å²) in [5.74, 6) is -0.745. The standard InChI is InChI=1S/C35H36N2O4/c1-40-35(39)33-31(34(38)41-26-27-12-5-2-6-13-27)18-11-19-32(33)37-24-22-36(23-25-37)21-20-30(28-14-7-3-8-15-28)29-16-9-4-10-17-29/h2-19,30H,20-26H2,1H3. The third kappa shape index (κ3) is 7.02. The lowest BCUT2D eigenvalue weighted by Gasteiger charge is -2.37. The van der Waals surface area contributed by atoms with E-state index in [9.17, 15) is 9.59 Å². The number of carbonyl (C=O) groups excluding carboxylic acids is 2. The van der Waals surface area contributed by atoms with Crippen LogP contribution in [-0.2, 0) is 16.1 Å². The molecule has 41 heavy (non-hydrogen) atoms. The molecule has 0 amide bonds. The molecule has 0 spiro atoms. The molecule has 0 N–H and O–H groups in total. The van der Waals surface area contributed by atoms with Gasteiger partial charge in [-0.25, -0.2) is 9.59 Å². The summed E-state index contributed by atoms with van der Waals surface area (Å²) in [5.41, 5.74) is 4.73. The van der Waals surface area contributed by atoms with Gasteiger partial charge < -0.3 is 14.4 Å². The van der Waals surface area contributed by atoms with E-state index in [-0.39, 0.29) is 17.7 Å². The van der Waals surface area contributed by atoms with Gasteiger partial charge in [-0.2, -0.15) is 0 Å². The molecule has 1 aliphatic heterocycles. The molecule has 6 nitrogen and oxygen atoms in total. The van der Waals surface area contributed by atoms with Crippen LogP contribution in [0.4, 0.5) is 5.69 Å². The normalized spacial score (nSPS) is 13.7. The van der Waals surface area contributed by atoms with Crippen LogP contribution in [0.5, 0.6) is 0 Å². The van der Waals surface area contributed by atoms with Crippen molar-refractivity contribution in [1.29, 1.82) is 0 Å². The van der Waals surface area contributed by atoms with Gasteiger partial charge >= 0.3 is 11.9 Å². The number of anilines is 1. The lowest BCUT2D eigenvalue weighted by atomic mass is 9.88. The zero-order chi connectivity index (χ0) is 28.4. The molecule has 0 aliphatic carbocycles. The van der Waals surface area contributed by atoms with Crippen LogP contribution in [0.15, 0.2) is 109 Å². The Balaban J connectivity index is 1.25. The zero-order valence-corrected chi connectivity index (χ0v) is 23.4. The number of ether oxygens (including phenoxy) is 2. The van der Waals surface area contributed by atoms with Crippen molar-refractivity contribution in [3.05, 3.63) is 137 Å². The van der Waals surface area contributed by atoms with Crippen LogP contribution >= 0.6 is 0 Å². The smallest absolute Gasteiger partial charge is 0.340 e.